The molecule has 0 aliphatic carbocycles. The molecule has 0 aromatic carbocycles. The van der Waals surface area contributed by atoms with Crippen molar-refractivity contribution in [3.05, 3.63) is 24.5 Å². The van der Waals surface area contributed by atoms with Crippen LogP contribution in [0.3, 0.4) is 0 Å². The molecule has 1 fully saturated rings. The molecule has 0 atom stereocenters. The van der Waals surface area contributed by atoms with Crippen LogP contribution in [0.1, 0.15) is 19.8 Å². The number of anilines is 2. The molecule has 8 nitrogen and oxygen atoms in total. The van der Waals surface area contributed by atoms with Crippen LogP contribution in [0.5, 0.6) is 0 Å². The quantitative estimate of drug-likeness (QED) is 0.761. The molecule has 1 aliphatic rings. The van der Waals surface area contributed by atoms with E-state index in [0.717, 1.165) is 43.8 Å². The number of fused-ring (bicyclic) bond motifs is 1. The normalized spacial score (nSPS) is 14.8. The second-order valence-electron chi connectivity index (χ2n) is 6.18. The minimum absolute atomic E-state index is 0.338. The molecule has 0 spiro atoms. The number of amides is 1. The van der Waals surface area contributed by atoms with Gasteiger partial charge >= 0.3 is 5.97 Å². The smallest absolute Gasteiger partial charge is 0.303 e. The van der Waals surface area contributed by atoms with E-state index in [1.165, 1.54) is 6.92 Å². The Morgan fingerprint density at radius 3 is 2.88 bits per heavy atom. The molecule has 3 rings (SSSR count). The van der Waals surface area contributed by atoms with E-state index < -0.39 is 11.9 Å². The van der Waals surface area contributed by atoms with Crippen LogP contribution >= 0.6 is 0 Å². The Kier molecular flexibility index (Phi) is 5.96. The van der Waals surface area contributed by atoms with E-state index in [9.17, 15) is 9.59 Å². The van der Waals surface area contributed by atoms with E-state index in [1.807, 2.05) is 12.1 Å². The van der Waals surface area contributed by atoms with Crippen LogP contribution in [0, 0.1) is 5.92 Å². The van der Waals surface area contributed by atoms with Crippen molar-refractivity contribution in [2.24, 2.45) is 5.92 Å². The van der Waals surface area contributed by atoms with E-state index in [4.69, 9.17) is 9.47 Å². The summed E-state index contributed by atoms with van der Waals surface area (Å²) in [6.45, 7) is 3.22. The number of rotatable bonds is 6. The Hall–Kier alpha value is -2.74. The molecular weight excluding hydrogens is 336 g/mol. The summed E-state index contributed by atoms with van der Waals surface area (Å²) in [6.07, 6.45) is 5.27. The molecule has 0 unspecified atom stereocenters. The zero-order valence-electron chi connectivity index (χ0n) is 14.7. The Labute approximate surface area is 151 Å². The summed E-state index contributed by atoms with van der Waals surface area (Å²) in [5.41, 5.74) is 2.66. The van der Waals surface area contributed by atoms with E-state index in [2.05, 4.69) is 20.6 Å². The molecule has 138 valence electrons. The lowest BCUT2D eigenvalue weighted by molar-refractivity contribution is -0.144. The third-order valence-corrected chi connectivity index (χ3v) is 4.21. The van der Waals surface area contributed by atoms with Crippen molar-refractivity contribution in [1.82, 2.24) is 9.97 Å². The van der Waals surface area contributed by atoms with Crippen molar-refractivity contribution in [2.75, 3.05) is 37.0 Å². The maximum absolute atomic E-state index is 12.0. The van der Waals surface area contributed by atoms with Crippen molar-refractivity contribution in [3.63, 3.8) is 0 Å². The van der Waals surface area contributed by atoms with Gasteiger partial charge in [-0.3, -0.25) is 19.6 Å². The summed E-state index contributed by atoms with van der Waals surface area (Å²) >= 11 is 0. The van der Waals surface area contributed by atoms with Gasteiger partial charge in [0.15, 0.2) is 6.61 Å². The Bertz CT molecular complexity index is 790. The Morgan fingerprint density at radius 2 is 2.12 bits per heavy atom. The molecule has 1 aliphatic heterocycles. The van der Waals surface area contributed by atoms with Crippen molar-refractivity contribution >= 4 is 34.3 Å². The number of aromatic nitrogens is 2. The Morgan fingerprint density at radius 1 is 1.31 bits per heavy atom. The van der Waals surface area contributed by atoms with Gasteiger partial charge in [-0.1, -0.05) is 0 Å². The minimum atomic E-state index is -0.503. The number of nitrogens with one attached hydrogen (secondary N) is 2. The standard InChI is InChI=1S/C18H22N4O4/c1-12(23)26-11-16(24)22-15-10-20-14-3-2-6-19-17(14)18(15)21-9-13-4-7-25-8-5-13/h2-3,6,10,13H,4-5,7-9,11H2,1H3,(H,20,21)(H,22,24). The predicted molar refractivity (Wildman–Crippen MR) is 96.8 cm³/mol. The molecule has 1 amide bonds. The molecular formula is C18H22N4O4. The third-order valence-electron chi connectivity index (χ3n) is 4.21. The number of hydrogen-bond donors (Lipinski definition) is 2. The lowest BCUT2D eigenvalue weighted by Crippen LogP contribution is -2.24. The molecule has 26 heavy (non-hydrogen) atoms. The van der Waals surface area contributed by atoms with E-state index in [0.29, 0.717) is 17.1 Å². The van der Waals surface area contributed by atoms with Crippen LogP contribution in [-0.4, -0.2) is 48.2 Å². The first-order valence-electron chi connectivity index (χ1n) is 8.62. The monoisotopic (exact) mass is 358 g/mol. The third kappa shape index (κ3) is 4.66. The summed E-state index contributed by atoms with van der Waals surface area (Å²) in [6, 6.07) is 3.68. The number of hydrogen-bond acceptors (Lipinski definition) is 7. The lowest BCUT2D eigenvalue weighted by Gasteiger charge is -2.23. The van der Waals surface area contributed by atoms with Crippen LogP contribution in [0.4, 0.5) is 11.4 Å². The second kappa shape index (κ2) is 8.57. The highest BCUT2D eigenvalue weighted by atomic mass is 16.5. The summed E-state index contributed by atoms with van der Waals surface area (Å²) in [4.78, 5) is 31.6. The van der Waals surface area contributed by atoms with Gasteiger partial charge in [-0.15, -0.1) is 0 Å². The average molecular weight is 358 g/mol. The maximum atomic E-state index is 12.0. The zero-order chi connectivity index (χ0) is 18.4. The molecule has 2 aromatic heterocycles. The van der Waals surface area contributed by atoms with Gasteiger partial charge in [-0.2, -0.15) is 0 Å². The van der Waals surface area contributed by atoms with Gasteiger partial charge in [0.05, 0.1) is 23.1 Å². The number of carbonyl (C=O) groups is 2. The van der Waals surface area contributed by atoms with E-state index >= 15 is 0 Å². The fourth-order valence-electron chi connectivity index (χ4n) is 2.84. The van der Waals surface area contributed by atoms with Crippen molar-refractivity contribution in [3.8, 4) is 0 Å². The summed E-state index contributed by atoms with van der Waals surface area (Å²) < 4.78 is 10.1. The summed E-state index contributed by atoms with van der Waals surface area (Å²) in [5, 5.41) is 6.16. The summed E-state index contributed by atoms with van der Waals surface area (Å²) in [7, 11) is 0. The molecule has 0 saturated carbocycles. The SMILES string of the molecule is CC(=O)OCC(=O)Nc1cnc2cccnc2c1NCC1CCOCC1. The predicted octanol–water partition coefficient (Wildman–Crippen LogP) is 1.97. The van der Waals surface area contributed by atoms with Crippen molar-refractivity contribution < 1.29 is 19.1 Å². The van der Waals surface area contributed by atoms with Gasteiger partial charge < -0.3 is 20.1 Å². The highest BCUT2D eigenvalue weighted by Gasteiger charge is 2.17. The van der Waals surface area contributed by atoms with Gasteiger partial charge in [-0.05, 0) is 30.9 Å². The number of pyridine rings is 2. The minimum Gasteiger partial charge on any atom is -0.456 e. The number of ether oxygens (including phenoxy) is 2. The number of nitrogens with zero attached hydrogens (tertiary/aromatic N) is 2. The number of carbonyl (C=O) groups excluding carboxylic acids is 2. The van der Waals surface area contributed by atoms with Crippen LogP contribution < -0.4 is 10.6 Å². The van der Waals surface area contributed by atoms with E-state index in [-0.39, 0.29) is 6.61 Å². The first-order valence-corrected chi connectivity index (χ1v) is 8.62. The molecule has 0 bridgehead atoms. The first kappa shape index (κ1) is 18.1. The fourth-order valence-corrected chi connectivity index (χ4v) is 2.84. The molecule has 3 heterocycles. The average Bonchev–Trinajstić information content (AvgIpc) is 2.66. The molecule has 8 heteroatoms. The van der Waals surface area contributed by atoms with Gasteiger partial charge in [0.25, 0.3) is 5.91 Å². The largest absolute Gasteiger partial charge is 0.456 e. The van der Waals surface area contributed by atoms with Crippen LogP contribution in [-0.2, 0) is 19.1 Å². The zero-order valence-corrected chi connectivity index (χ0v) is 14.7. The van der Waals surface area contributed by atoms with Crippen LogP contribution in [0.25, 0.3) is 11.0 Å². The molecule has 1 saturated heterocycles. The lowest BCUT2D eigenvalue weighted by atomic mass is 10.0. The van der Waals surface area contributed by atoms with Crippen LogP contribution in [0.15, 0.2) is 24.5 Å². The highest BCUT2D eigenvalue weighted by molar-refractivity contribution is 6.01. The van der Waals surface area contributed by atoms with Crippen molar-refractivity contribution in [1.29, 1.82) is 0 Å². The second-order valence-corrected chi connectivity index (χ2v) is 6.18. The fraction of sp³-hybridized carbons (Fsp3) is 0.444. The number of esters is 1. The van der Waals surface area contributed by atoms with Gasteiger partial charge in [0, 0.05) is 32.9 Å². The molecule has 2 aromatic rings. The molecule has 2 N–H and O–H groups in total. The van der Waals surface area contributed by atoms with E-state index in [1.54, 1.807) is 12.4 Å². The topological polar surface area (TPSA) is 102 Å². The van der Waals surface area contributed by atoms with Crippen LogP contribution in [0.2, 0.25) is 0 Å². The molecule has 0 radical (unpaired) electrons. The maximum Gasteiger partial charge on any atom is 0.303 e. The Balaban J connectivity index is 1.79. The first-order chi connectivity index (χ1) is 12.6. The van der Waals surface area contributed by atoms with Crippen molar-refractivity contribution in [2.45, 2.75) is 19.8 Å². The van der Waals surface area contributed by atoms with Gasteiger partial charge in [-0.25, -0.2) is 0 Å². The van der Waals surface area contributed by atoms with Gasteiger partial charge in [0.2, 0.25) is 0 Å². The highest BCUT2D eigenvalue weighted by Crippen LogP contribution is 2.29. The summed E-state index contributed by atoms with van der Waals surface area (Å²) in [5.74, 6) is -0.428. The van der Waals surface area contributed by atoms with Gasteiger partial charge in [0.1, 0.15) is 5.52 Å².